The van der Waals surface area contributed by atoms with Crippen LogP contribution >= 0.6 is 0 Å². The molecule has 0 atom stereocenters. The van der Waals surface area contributed by atoms with Gasteiger partial charge < -0.3 is 5.32 Å². The summed E-state index contributed by atoms with van der Waals surface area (Å²) in [6.07, 6.45) is 0. The fraction of sp³-hybridized carbons (Fsp3) is 0.111. The summed E-state index contributed by atoms with van der Waals surface area (Å²) in [5, 5.41) is 8.87. The molecule has 6 heteroatoms. The maximum atomic E-state index is 12.8. The van der Waals surface area contributed by atoms with Crippen LogP contribution in [0.4, 0.5) is 10.1 Å². The van der Waals surface area contributed by atoms with E-state index in [4.69, 9.17) is 0 Å². The van der Waals surface area contributed by atoms with Crippen LogP contribution in [0.5, 0.6) is 0 Å². The van der Waals surface area contributed by atoms with Crippen molar-refractivity contribution in [3.8, 4) is 0 Å². The Hall–Kier alpha value is -2.11. The molecule has 0 saturated heterocycles. The number of anilines is 1. The first-order valence-corrected chi connectivity index (χ1v) is 4.37. The van der Waals surface area contributed by atoms with Crippen molar-refractivity contribution in [3.05, 3.63) is 46.4 Å². The van der Waals surface area contributed by atoms with Gasteiger partial charge in [-0.1, -0.05) is 6.07 Å². The number of hydrogen-bond donors (Lipinski definition) is 3. The Bertz CT molecular complexity index is 505. The average molecular weight is 208 g/mol. The number of aromatic amines is 2. The molecule has 5 nitrogen and oxygen atoms in total. The molecule has 0 unspecified atom stereocenters. The Labute approximate surface area is 84.3 Å². The van der Waals surface area contributed by atoms with Gasteiger partial charge >= 0.3 is 5.69 Å². The third-order valence-electron chi connectivity index (χ3n) is 1.83. The largest absolute Gasteiger partial charge is 0.378 e. The molecule has 0 bridgehead atoms. The van der Waals surface area contributed by atoms with Gasteiger partial charge in [-0.3, -0.25) is 4.98 Å². The molecule has 0 fully saturated rings. The number of aromatic nitrogens is 3. The first-order valence-electron chi connectivity index (χ1n) is 4.37. The summed E-state index contributed by atoms with van der Waals surface area (Å²) < 4.78 is 12.8. The van der Waals surface area contributed by atoms with Crippen molar-refractivity contribution in [3.63, 3.8) is 0 Å². The van der Waals surface area contributed by atoms with E-state index in [1.807, 2.05) is 0 Å². The zero-order valence-corrected chi connectivity index (χ0v) is 7.75. The Kier molecular flexibility index (Phi) is 2.49. The van der Waals surface area contributed by atoms with Gasteiger partial charge in [0.2, 0.25) is 0 Å². The standard InChI is InChI=1S/C9H9FN4O/c10-6-2-1-3-7(4-6)11-5-8-12-9(15)14-13-8/h1-4,11H,5H2,(H2,12,13,14,15). The highest BCUT2D eigenvalue weighted by Crippen LogP contribution is 2.09. The lowest BCUT2D eigenvalue weighted by molar-refractivity contribution is 0.628. The molecule has 78 valence electrons. The van der Waals surface area contributed by atoms with E-state index in [-0.39, 0.29) is 11.5 Å². The molecule has 0 aliphatic heterocycles. The Morgan fingerprint density at radius 1 is 1.47 bits per heavy atom. The van der Waals surface area contributed by atoms with Crippen molar-refractivity contribution in [2.45, 2.75) is 6.54 Å². The number of rotatable bonds is 3. The fourth-order valence-electron chi connectivity index (χ4n) is 1.17. The van der Waals surface area contributed by atoms with Gasteiger partial charge in [-0.15, -0.1) is 0 Å². The highest BCUT2D eigenvalue weighted by molar-refractivity contribution is 5.42. The van der Waals surface area contributed by atoms with E-state index in [0.717, 1.165) is 0 Å². The molecular formula is C9H9FN4O. The van der Waals surface area contributed by atoms with Crippen LogP contribution in [0.1, 0.15) is 5.82 Å². The molecule has 3 N–H and O–H groups in total. The number of H-pyrrole nitrogens is 2. The number of nitrogens with zero attached hydrogens (tertiary/aromatic N) is 1. The summed E-state index contributed by atoms with van der Waals surface area (Å²) in [5.41, 5.74) is 0.282. The minimum absolute atomic E-state index is 0.310. The zero-order valence-electron chi connectivity index (χ0n) is 7.75. The summed E-state index contributed by atoms with van der Waals surface area (Å²) in [6, 6.07) is 6.06. The predicted octanol–water partition coefficient (Wildman–Crippen LogP) is 0.849. The average Bonchev–Trinajstić information content (AvgIpc) is 2.62. The predicted molar refractivity (Wildman–Crippen MR) is 52.9 cm³/mol. The Balaban J connectivity index is 2.02. The van der Waals surface area contributed by atoms with Crippen LogP contribution in [-0.4, -0.2) is 15.2 Å². The maximum Gasteiger partial charge on any atom is 0.340 e. The molecule has 2 aromatic rings. The molecule has 0 amide bonds. The molecule has 15 heavy (non-hydrogen) atoms. The second-order valence-corrected chi connectivity index (χ2v) is 2.99. The van der Waals surface area contributed by atoms with Crippen molar-refractivity contribution in [2.75, 3.05) is 5.32 Å². The molecule has 0 spiro atoms. The lowest BCUT2D eigenvalue weighted by Gasteiger charge is -2.02. The SMILES string of the molecule is O=c1[nH]nc(CNc2cccc(F)c2)[nH]1. The molecule has 0 aliphatic rings. The van der Waals surface area contributed by atoms with Crippen LogP contribution in [0, 0.1) is 5.82 Å². The smallest absolute Gasteiger partial charge is 0.340 e. The van der Waals surface area contributed by atoms with Gasteiger partial charge in [-0.25, -0.2) is 14.3 Å². The van der Waals surface area contributed by atoms with Gasteiger partial charge in [0.1, 0.15) is 11.6 Å². The lowest BCUT2D eigenvalue weighted by atomic mass is 10.3. The van der Waals surface area contributed by atoms with Gasteiger partial charge in [0.05, 0.1) is 6.54 Å². The van der Waals surface area contributed by atoms with Crippen LogP contribution in [-0.2, 0) is 6.54 Å². The molecule has 1 heterocycles. The third-order valence-corrected chi connectivity index (χ3v) is 1.83. The van der Waals surface area contributed by atoms with Gasteiger partial charge in [0, 0.05) is 5.69 Å². The Morgan fingerprint density at radius 3 is 3.00 bits per heavy atom. The molecule has 0 saturated carbocycles. The molecule has 1 aromatic heterocycles. The van der Waals surface area contributed by atoms with Gasteiger partial charge in [0.15, 0.2) is 0 Å². The van der Waals surface area contributed by atoms with E-state index < -0.39 is 0 Å². The lowest BCUT2D eigenvalue weighted by Crippen LogP contribution is -2.04. The fourth-order valence-corrected chi connectivity index (χ4v) is 1.17. The normalized spacial score (nSPS) is 10.2. The van der Waals surface area contributed by atoms with Crippen LogP contribution in [0.25, 0.3) is 0 Å². The number of halogens is 1. The van der Waals surface area contributed by atoms with Gasteiger partial charge in [0.25, 0.3) is 0 Å². The quantitative estimate of drug-likeness (QED) is 0.700. The Morgan fingerprint density at radius 2 is 2.33 bits per heavy atom. The molecule has 0 radical (unpaired) electrons. The van der Waals surface area contributed by atoms with Crippen LogP contribution in [0.3, 0.4) is 0 Å². The summed E-state index contributed by atoms with van der Waals surface area (Å²) in [5.74, 6) is 0.166. The highest BCUT2D eigenvalue weighted by atomic mass is 19.1. The van der Waals surface area contributed by atoms with Crippen molar-refractivity contribution in [1.82, 2.24) is 15.2 Å². The van der Waals surface area contributed by atoms with Crippen LogP contribution in [0.2, 0.25) is 0 Å². The summed E-state index contributed by atoms with van der Waals surface area (Å²) >= 11 is 0. The van der Waals surface area contributed by atoms with Crippen LogP contribution < -0.4 is 11.0 Å². The number of benzene rings is 1. The summed E-state index contributed by atoms with van der Waals surface area (Å²) in [7, 11) is 0. The minimum Gasteiger partial charge on any atom is -0.378 e. The van der Waals surface area contributed by atoms with Crippen molar-refractivity contribution < 1.29 is 4.39 Å². The van der Waals surface area contributed by atoms with E-state index in [1.54, 1.807) is 12.1 Å². The van der Waals surface area contributed by atoms with Crippen LogP contribution in [0.15, 0.2) is 29.1 Å². The van der Waals surface area contributed by atoms with E-state index in [1.165, 1.54) is 12.1 Å². The van der Waals surface area contributed by atoms with E-state index in [0.29, 0.717) is 18.1 Å². The first kappa shape index (κ1) is 9.45. The van der Waals surface area contributed by atoms with Gasteiger partial charge in [-0.05, 0) is 18.2 Å². The molecule has 0 aliphatic carbocycles. The second-order valence-electron chi connectivity index (χ2n) is 2.99. The van der Waals surface area contributed by atoms with E-state index in [9.17, 15) is 9.18 Å². The molecule has 2 rings (SSSR count). The van der Waals surface area contributed by atoms with Gasteiger partial charge in [-0.2, -0.15) is 5.10 Å². The second kappa shape index (κ2) is 3.95. The summed E-state index contributed by atoms with van der Waals surface area (Å²) in [4.78, 5) is 13.2. The number of hydrogen-bond acceptors (Lipinski definition) is 3. The summed E-state index contributed by atoms with van der Waals surface area (Å²) in [6.45, 7) is 0.336. The van der Waals surface area contributed by atoms with Crippen molar-refractivity contribution in [2.24, 2.45) is 0 Å². The molecule has 1 aromatic carbocycles. The van der Waals surface area contributed by atoms with E-state index in [2.05, 4.69) is 20.5 Å². The molecular weight excluding hydrogens is 199 g/mol. The number of nitrogens with one attached hydrogen (secondary N) is 3. The first-order chi connectivity index (χ1) is 7.24. The topological polar surface area (TPSA) is 73.6 Å². The van der Waals surface area contributed by atoms with Crippen molar-refractivity contribution >= 4 is 5.69 Å². The third kappa shape index (κ3) is 2.43. The maximum absolute atomic E-state index is 12.8. The monoisotopic (exact) mass is 208 g/mol. The van der Waals surface area contributed by atoms with Crippen molar-refractivity contribution in [1.29, 1.82) is 0 Å². The van der Waals surface area contributed by atoms with E-state index >= 15 is 0 Å². The highest BCUT2D eigenvalue weighted by Gasteiger charge is 1.98. The zero-order chi connectivity index (χ0) is 10.7. The minimum atomic E-state index is -0.356.